The first-order valence-corrected chi connectivity index (χ1v) is 14.9. The lowest BCUT2D eigenvalue weighted by Gasteiger charge is -2.34. The summed E-state index contributed by atoms with van der Waals surface area (Å²) in [6.45, 7) is 11.2. The first-order valence-electron chi connectivity index (χ1n) is 14.1. The Hall–Kier alpha value is -4.09. The number of likely N-dealkylation sites (N-methyl/N-ethyl adjacent to an activating group) is 1. The number of carbonyl (C=O) groups is 1. The van der Waals surface area contributed by atoms with Crippen LogP contribution in [0.15, 0.2) is 63.5 Å². The topological polar surface area (TPSA) is 110 Å². The lowest BCUT2D eigenvalue weighted by Crippen LogP contribution is -2.44. The van der Waals surface area contributed by atoms with Crippen LogP contribution in [-0.2, 0) is 9.53 Å². The second-order valence-corrected chi connectivity index (χ2v) is 11.9. The van der Waals surface area contributed by atoms with Gasteiger partial charge >= 0.3 is 5.97 Å². The molecular formula is C31H35N5O5S. The summed E-state index contributed by atoms with van der Waals surface area (Å²) in [6.07, 6.45) is 1.72. The third-order valence-corrected chi connectivity index (χ3v) is 8.77. The molecule has 1 saturated heterocycles. The summed E-state index contributed by atoms with van der Waals surface area (Å²) in [7, 11) is 2.06. The van der Waals surface area contributed by atoms with Crippen molar-refractivity contribution in [2.45, 2.75) is 39.7 Å². The predicted octanol–water partition coefficient (Wildman–Crippen LogP) is 3.58. The van der Waals surface area contributed by atoms with E-state index in [0.29, 0.717) is 32.1 Å². The van der Waals surface area contributed by atoms with Crippen LogP contribution in [0.3, 0.4) is 0 Å². The number of allylic oxidation sites excluding steroid dienone is 1. The highest BCUT2D eigenvalue weighted by molar-refractivity contribution is 7.07. The highest BCUT2D eigenvalue weighted by Gasteiger charge is 2.33. The summed E-state index contributed by atoms with van der Waals surface area (Å²) in [5.74, 6) is -0.186. The van der Waals surface area contributed by atoms with Crippen molar-refractivity contribution >= 4 is 34.8 Å². The van der Waals surface area contributed by atoms with Gasteiger partial charge in [-0.05, 0) is 50.1 Å². The van der Waals surface area contributed by atoms with Crippen LogP contribution in [0.5, 0.6) is 0 Å². The minimum atomic E-state index is -0.717. The van der Waals surface area contributed by atoms with E-state index in [-0.39, 0.29) is 17.9 Å². The molecule has 0 spiro atoms. The maximum atomic E-state index is 14.1. The fourth-order valence-electron chi connectivity index (χ4n) is 5.42. The van der Waals surface area contributed by atoms with Gasteiger partial charge in [0, 0.05) is 49.6 Å². The van der Waals surface area contributed by atoms with E-state index in [1.54, 1.807) is 30.6 Å². The number of thiazole rings is 1. The number of non-ortho nitro benzene ring substituents is 1. The zero-order valence-corrected chi connectivity index (χ0v) is 25.3. The van der Waals surface area contributed by atoms with Crippen LogP contribution >= 0.6 is 11.3 Å². The number of ether oxygens (including phenoxy) is 1. The highest BCUT2D eigenvalue weighted by Crippen LogP contribution is 2.32. The SMILES string of the molecule is CCOC(=O)C1=C(C)N=c2sc(=Cc3cc([N+](=O)[O-])ccc3N3CCN(C)CC3)c(=O)n2[C@@H]1c1ccc(C(C)C)cc1. The molecule has 0 bridgehead atoms. The first kappa shape index (κ1) is 29.4. The summed E-state index contributed by atoms with van der Waals surface area (Å²) in [5, 5.41) is 11.7. The monoisotopic (exact) mass is 589 g/mol. The lowest BCUT2D eigenvalue weighted by molar-refractivity contribution is -0.384. The molecule has 3 aromatic rings. The van der Waals surface area contributed by atoms with Gasteiger partial charge < -0.3 is 14.5 Å². The molecule has 1 fully saturated rings. The molecule has 0 unspecified atom stereocenters. The van der Waals surface area contributed by atoms with E-state index in [2.05, 4.69) is 35.7 Å². The molecule has 0 amide bonds. The molecule has 2 aromatic carbocycles. The van der Waals surface area contributed by atoms with Crippen LogP contribution in [0.1, 0.15) is 56.3 Å². The number of nitrogens with zero attached hydrogens (tertiary/aromatic N) is 5. The van der Waals surface area contributed by atoms with Gasteiger partial charge in [-0.2, -0.15) is 0 Å². The number of esters is 1. The van der Waals surface area contributed by atoms with E-state index in [4.69, 9.17) is 4.74 Å². The fraction of sp³-hybridized carbons (Fsp3) is 0.387. The van der Waals surface area contributed by atoms with E-state index in [9.17, 15) is 19.7 Å². The summed E-state index contributed by atoms with van der Waals surface area (Å²) in [4.78, 5) is 48.1. The van der Waals surface area contributed by atoms with Crippen molar-refractivity contribution in [3.63, 3.8) is 0 Å². The molecule has 0 radical (unpaired) electrons. The Morgan fingerprint density at radius 3 is 2.48 bits per heavy atom. The predicted molar refractivity (Wildman–Crippen MR) is 164 cm³/mol. The maximum Gasteiger partial charge on any atom is 0.338 e. The molecule has 2 aliphatic rings. The Morgan fingerprint density at radius 1 is 1.17 bits per heavy atom. The average Bonchev–Trinajstić information content (AvgIpc) is 3.26. The molecule has 42 heavy (non-hydrogen) atoms. The van der Waals surface area contributed by atoms with Crippen molar-refractivity contribution in [1.82, 2.24) is 9.47 Å². The van der Waals surface area contributed by atoms with E-state index < -0.39 is 16.9 Å². The summed E-state index contributed by atoms with van der Waals surface area (Å²) >= 11 is 1.21. The molecule has 10 nitrogen and oxygen atoms in total. The van der Waals surface area contributed by atoms with Gasteiger partial charge in [-0.1, -0.05) is 49.4 Å². The van der Waals surface area contributed by atoms with Crippen LogP contribution < -0.4 is 19.8 Å². The number of aromatic nitrogens is 1. The number of nitro groups is 1. The molecule has 220 valence electrons. The number of piperazine rings is 1. The third kappa shape index (κ3) is 5.66. The average molecular weight is 590 g/mol. The first-order chi connectivity index (χ1) is 20.1. The largest absolute Gasteiger partial charge is 0.463 e. The van der Waals surface area contributed by atoms with Gasteiger partial charge in [-0.3, -0.25) is 19.5 Å². The fourth-order valence-corrected chi connectivity index (χ4v) is 6.46. The van der Waals surface area contributed by atoms with Crippen molar-refractivity contribution in [3.05, 3.63) is 100 Å². The summed E-state index contributed by atoms with van der Waals surface area (Å²) in [5.41, 5.74) is 3.80. The third-order valence-electron chi connectivity index (χ3n) is 7.79. The van der Waals surface area contributed by atoms with Crippen molar-refractivity contribution in [1.29, 1.82) is 0 Å². The van der Waals surface area contributed by atoms with Gasteiger partial charge in [0.25, 0.3) is 11.2 Å². The molecule has 2 aliphatic heterocycles. The number of benzene rings is 2. The number of anilines is 1. The van der Waals surface area contributed by atoms with Gasteiger partial charge in [0.2, 0.25) is 0 Å². The van der Waals surface area contributed by atoms with Crippen LogP contribution in [0.4, 0.5) is 11.4 Å². The Labute approximate surface area is 248 Å². The van der Waals surface area contributed by atoms with Crippen molar-refractivity contribution in [2.24, 2.45) is 4.99 Å². The highest BCUT2D eigenvalue weighted by atomic mass is 32.1. The minimum absolute atomic E-state index is 0.0459. The Bertz CT molecular complexity index is 1730. The second-order valence-electron chi connectivity index (χ2n) is 10.9. The molecule has 3 heterocycles. The van der Waals surface area contributed by atoms with Crippen LogP contribution in [0, 0.1) is 10.1 Å². The number of fused-ring (bicyclic) bond motifs is 1. The van der Waals surface area contributed by atoms with Crippen molar-refractivity contribution in [2.75, 3.05) is 44.7 Å². The Kier molecular flexibility index (Phi) is 8.42. The van der Waals surface area contributed by atoms with Gasteiger partial charge in [0.05, 0.1) is 33.4 Å². The molecular weight excluding hydrogens is 554 g/mol. The molecule has 0 saturated carbocycles. The standard InChI is InChI=1S/C31H35N5O5S/c1-6-41-30(38)27-20(4)32-31-35(28(27)22-9-7-21(8-10-22)19(2)3)29(37)26(42-31)18-23-17-24(36(39)40)11-12-25(23)34-15-13-33(5)14-16-34/h7-12,17-19,28H,6,13-16H2,1-5H3/t28-/m1/s1. The van der Waals surface area contributed by atoms with E-state index in [0.717, 1.165) is 43.0 Å². The Morgan fingerprint density at radius 2 is 1.86 bits per heavy atom. The van der Waals surface area contributed by atoms with Crippen LogP contribution in [-0.4, -0.2) is 60.2 Å². The number of hydrogen-bond acceptors (Lipinski definition) is 9. The lowest BCUT2D eigenvalue weighted by atomic mass is 9.93. The van der Waals surface area contributed by atoms with Crippen LogP contribution in [0.2, 0.25) is 0 Å². The van der Waals surface area contributed by atoms with Crippen molar-refractivity contribution in [3.8, 4) is 0 Å². The van der Waals surface area contributed by atoms with Gasteiger partial charge in [-0.15, -0.1) is 0 Å². The molecule has 0 N–H and O–H groups in total. The molecule has 1 atom stereocenters. The molecule has 0 aliphatic carbocycles. The van der Waals surface area contributed by atoms with Gasteiger partial charge in [0.15, 0.2) is 4.80 Å². The number of nitro benzene ring substituents is 1. The number of hydrogen-bond donors (Lipinski definition) is 0. The number of carbonyl (C=O) groups excluding carboxylic acids is 1. The van der Waals surface area contributed by atoms with E-state index in [1.165, 1.54) is 23.5 Å². The molecule has 1 aromatic heterocycles. The van der Waals surface area contributed by atoms with E-state index >= 15 is 0 Å². The summed E-state index contributed by atoms with van der Waals surface area (Å²) < 4.78 is 7.33. The zero-order valence-electron chi connectivity index (χ0n) is 24.5. The van der Waals surface area contributed by atoms with Crippen molar-refractivity contribution < 1.29 is 14.5 Å². The Balaban J connectivity index is 1.69. The molecule has 11 heteroatoms. The maximum absolute atomic E-state index is 14.1. The quantitative estimate of drug-likeness (QED) is 0.235. The summed E-state index contributed by atoms with van der Waals surface area (Å²) in [6, 6.07) is 12.0. The van der Waals surface area contributed by atoms with Gasteiger partial charge in [-0.25, -0.2) is 9.79 Å². The van der Waals surface area contributed by atoms with Gasteiger partial charge in [0.1, 0.15) is 0 Å². The van der Waals surface area contributed by atoms with E-state index in [1.807, 2.05) is 24.3 Å². The zero-order chi connectivity index (χ0) is 30.1. The minimum Gasteiger partial charge on any atom is -0.463 e. The van der Waals surface area contributed by atoms with Crippen LogP contribution in [0.25, 0.3) is 6.08 Å². The normalized spacial score (nSPS) is 17.8. The number of rotatable bonds is 7. The smallest absolute Gasteiger partial charge is 0.338 e. The second kappa shape index (κ2) is 12.0. The molecule has 5 rings (SSSR count).